The fourth-order valence-electron chi connectivity index (χ4n) is 4.72. The molecule has 3 aromatic carbocycles. The van der Waals surface area contributed by atoms with Gasteiger partial charge in [0.15, 0.2) is 0 Å². The summed E-state index contributed by atoms with van der Waals surface area (Å²) in [4.78, 5) is 2.72. The lowest BCUT2D eigenvalue weighted by Gasteiger charge is -2.39. The fraction of sp³-hybridized carbons (Fsp3) is 0.357. The minimum atomic E-state index is -3.71. The van der Waals surface area contributed by atoms with Crippen LogP contribution in [0.2, 0.25) is 0 Å². The van der Waals surface area contributed by atoms with Crippen LogP contribution >= 0.6 is 0 Å². The number of rotatable bonds is 8. The van der Waals surface area contributed by atoms with E-state index in [9.17, 15) is 8.42 Å². The molecule has 7 heteroatoms. The lowest BCUT2D eigenvalue weighted by atomic mass is 10.0. The third-order valence-electron chi connectivity index (χ3n) is 6.70. The normalized spacial score (nSPS) is 15.1. The number of hydrogen-bond donors (Lipinski definition) is 0. The average Bonchev–Trinajstić information content (AvgIpc) is 2.86. The van der Waals surface area contributed by atoms with Crippen molar-refractivity contribution in [2.24, 2.45) is 0 Å². The van der Waals surface area contributed by atoms with Crippen molar-refractivity contribution < 1.29 is 17.9 Å². The van der Waals surface area contributed by atoms with Gasteiger partial charge in [-0.3, -0.25) is 9.21 Å². The minimum Gasteiger partial charge on any atom is -0.497 e. The second kappa shape index (κ2) is 10.7. The van der Waals surface area contributed by atoms with E-state index in [4.69, 9.17) is 9.47 Å². The Hall–Kier alpha value is -3.03. The van der Waals surface area contributed by atoms with Crippen LogP contribution in [-0.4, -0.2) is 46.7 Å². The predicted molar refractivity (Wildman–Crippen MR) is 140 cm³/mol. The number of anilines is 1. The number of piperidine rings is 1. The Morgan fingerprint density at radius 1 is 0.914 bits per heavy atom. The number of benzene rings is 3. The van der Waals surface area contributed by atoms with Crippen molar-refractivity contribution in [1.82, 2.24) is 4.90 Å². The first-order chi connectivity index (χ1) is 16.8. The lowest BCUT2D eigenvalue weighted by molar-refractivity contribution is 0.204. The highest BCUT2D eigenvalue weighted by atomic mass is 32.2. The monoisotopic (exact) mass is 494 g/mol. The lowest BCUT2D eigenvalue weighted by Crippen LogP contribution is -2.47. The van der Waals surface area contributed by atoms with Crippen molar-refractivity contribution in [2.45, 2.75) is 44.2 Å². The number of likely N-dealkylation sites (tertiary alicyclic amines) is 1. The Labute approximate surface area is 209 Å². The minimum absolute atomic E-state index is 0.115. The van der Waals surface area contributed by atoms with Crippen LogP contribution in [0.25, 0.3) is 0 Å². The molecule has 0 aliphatic carbocycles. The molecule has 0 amide bonds. The molecular weight excluding hydrogens is 460 g/mol. The van der Waals surface area contributed by atoms with E-state index in [1.165, 1.54) is 0 Å². The van der Waals surface area contributed by atoms with Crippen LogP contribution in [0.15, 0.2) is 71.6 Å². The van der Waals surface area contributed by atoms with E-state index in [1.807, 2.05) is 68.4 Å². The van der Waals surface area contributed by atoms with Crippen LogP contribution in [0.1, 0.15) is 29.5 Å². The molecule has 0 bridgehead atoms. The Balaban J connectivity index is 1.57. The van der Waals surface area contributed by atoms with Crippen LogP contribution in [-0.2, 0) is 16.6 Å². The highest BCUT2D eigenvalue weighted by Crippen LogP contribution is 2.33. The summed E-state index contributed by atoms with van der Waals surface area (Å²) >= 11 is 0. The van der Waals surface area contributed by atoms with E-state index >= 15 is 0 Å². The van der Waals surface area contributed by atoms with Gasteiger partial charge in [0.2, 0.25) is 0 Å². The van der Waals surface area contributed by atoms with E-state index in [1.54, 1.807) is 30.7 Å². The first kappa shape index (κ1) is 25.1. The molecule has 0 spiro atoms. The van der Waals surface area contributed by atoms with E-state index < -0.39 is 10.0 Å². The molecule has 3 aromatic rings. The zero-order chi connectivity index (χ0) is 25.0. The Morgan fingerprint density at radius 2 is 1.60 bits per heavy atom. The van der Waals surface area contributed by atoms with Gasteiger partial charge in [-0.25, -0.2) is 8.42 Å². The number of ether oxygens (including phenoxy) is 2. The summed E-state index contributed by atoms with van der Waals surface area (Å²) in [6.07, 6.45) is 1.49. The molecule has 0 N–H and O–H groups in total. The number of hydrogen-bond acceptors (Lipinski definition) is 5. The molecule has 1 aliphatic rings. The van der Waals surface area contributed by atoms with Gasteiger partial charge in [0.05, 0.1) is 24.8 Å². The summed E-state index contributed by atoms with van der Waals surface area (Å²) in [5.74, 6) is 1.56. The third-order valence-corrected chi connectivity index (χ3v) is 8.74. The topological polar surface area (TPSA) is 59.1 Å². The SMILES string of the molecule is COc1ccc(CN2CCC(N(c3ccc(C)cc3)S(=O)(=O)c3ccccc3C)CC2)c(OC)c1. The molecule has 1 aliphatic heterocycles. The smallest absolute Gasteiger partial charge is 0.264 e. The molecule has 1 heterocycles. The molecule has 4 rings (SSSR count). The summed E-state index contributed by atoms with van der Waals surface area (Å²) < 4.78 is 40.4. The Kier molecular flexibility index (Phi) is 7.67. The van der Waals surface area contributed by atoms with Gasteiger partial charge in [-0.15, -0.1) is 0 Å². The number of methoxy groups -OCH3 is 2. The van der Waals surface area contributed by atoms with E-state index in [2.05, 4.69) is 4.90 Å². The van der Waals surface area contributed by atoms with Gasteiger partial charge in [-0.2, -0.15) is 0 Å². The van der Waals surface area contributed by atoms with E-state index in [0.29, 0.717) is 10.6 Å². The van der Waals surface area contributed by atoms with Crippen LogP contribution in [0.3, 0.4) is 0 Å². The first-order valence-corrected chi connectivity index (χ1v) is 13.4. The maximum absolute atomic E-state index is 13.9. The van der Waals surface area contributed by atoms with Crippen molar-refractivity contribution in [3.63, 3.8) is 0 Å². The van der Waals surface area contributed by atoms with Crippen molar-refractivity contribution >= 4 is 15.7 Å². The summed E-state index contributed by atoms with van der Waals surface area (Å²) in [5, 5.41) is 0. The van der Waals surface area contributed by atoms with Crippen LogP contribution < -0.4 is 13.8 Å². The third kappa shape index (κ3) is 5.46. The van der Waals surface area contributed by atoms with Crippen molar-refractivity contribution in [2.75, 3.05) is 31.6 Å². The Morgan fingerprint density at radius 3 is 2.23 bits per heavy atom. The predicted octanol–water partition coefficient (Wildman–Crippen LogP) is 5.18. The van der Waals surface area contributed by atoms with Crippen molar-refractivity contribution in [1.29, 1.82) is 0 Å². The van der Waals surface area contributed by atoms with Crippen molar-refractivity contribution in [3.8, 4) is 11.5 Å². The number of sulfonamides is 1. The zero-order valence-electron chi connectivity index (χ0n) is 20.9. The Bertz CT molecular complexity index is 1250. The average molecular weight is 495 g/mol. The maximum atomic E-state index is 13.9. The molecule has 0 radical (unpaired) electrons. The van der Waals surface area contributed by atoms with Crippen LogP contribution in [0.5, 0.6) is 11.5 Å². The van der Waals surface area contributed by atoms with Gasteiger partial charge >= 0.3 is 0 Å². The molecule has 1 saturated heterocycles. The largest absolute Gasteiger partial charge is 0.497 e. The van der Waals surface area contributed by atoms with Gasteiger partial charge in [0, 0.05) is 37.3 Å². The van der Waals surface area contributed by atoms with E-state index in [-0.39, 0.29) is 6.04 Å². The second-order valence-electron chi connectivity index (χ2n) is 9.09. The molecule has 0 unspecified atom stereocenters. The summed E-state index contributed by atoms with van der Waals surface area (Å²) in [6, 6.07) is 20.8. The van der Waals surface area contributed by atoms with Gasteiger partial charge in [-0.1, -0.05) is 42.0 Å². The standard InChI is InChI=1S/C28H34N2O4S/c1-21-9-12-24(13-10-21)30(35(31,32)28-8-6-5-7-22(28)2)25-15-17-29(18-16-25)20-23-11-14-26(33-3)19-27(23)34-4/h5-14,19,25H,15-18,20H2,1-4H3. The maximum Gasteiger partial charge on any atom is 0.264 e. The molecule has 0 saturated carbocycles. The van der Waals surface area contributed by atoms with Crippen LogP contribution in [0, 0.1) is 13.8 Å². The summed E-state index contributed by atoms with van der Waals surface area (Å²) in [5.41, 5.74) is 3.67. The zero-order valence-corrected chi connectivity index (χ0v) is 21.7. The van der Waals surface area contributed by atoms with Gasteiger partial charge in [0.1, 0.15) is 11.5 Å². The quantitative estimate of drug-likeness (QED) is 0.432. The molecule has 0 aromatic heterocycles. The molecule has 35 heavy (non-hydrogen) atoms. The fourth-order valence-corrected chi connectivity index (χ4v) is 6.66. The molecule has 6 nitrogen and oxygen atoms in total. The molecule has 1 fully saturated rings. The molecule has 0 atom stereocenters. The second-order valence-corrected chi connectivity index (χ2v) is 10.9. The van der Waals surface area contributed by atoms with Crippen molar-refractivity contribution in [3.05, 3.63) is 83.4 Å². The van der Waals surface area contributed by atoms with Gasteiger partial charge in [0.25, 0.3) is 10.0 Å². The summed E-state index contributed by atoms with van der Waals surface area (Å²) in [7, 11) is -0.401. The van der Waals surface area contributed by atoms with Gasteiger partial charge < -0.3 is 9.47 Å². The number of aryl methyl sites for hydroxylation is 2. The molecular formula is C28H34N2O4S. The highest BCUT2D eigenvalue weighted by Gasteiger charge is 2.35. The van der Waals surface area contributed by atoms with E-state index in [0.717, 1.165) is 60.7 Å². The number of nitrogens with zero attached hydrogens (tertiary/aromatic N) is 2. The summed E-state index contributed by atoms with van der Waals surface area (Å²) in [6.45, 7) is 6.20. The van der Waals surface area contributed by atoms with Crippen LogP contribution in [0.4, 0.5) is 5.69 Å². The highest BCUT2D eigenvalue weighted by molar-refractivity contribution is 7.93. The molecule has 186 valence electrons. The van der Waals surface area contributed by atoms with Gasteiger partial charge in [-0.05, 0) is 56.5 Å². The first-order valence-electron chi connectivity index (χ1n) is 11.9.